The average molecular weight is 212 g/mol. The Balaban J connectivity index is 2.35. The molecular weight excluding hydrogens is 184 g/mol. The zero-order valence-electron chi connectivity index (χ0n) is 10.8. The molecular formula is C13H28N2. The fraction of sp³-hybridized carbons (Fsp3) is 1.00. The van der Waals surface area contributed by atoms with E-state index in [1.807, 2.05) is 0 Å². The molecule has 2 nitrogen and oxygen atoms in total. The normalized spacial score (nSPS) is 24.4. The van der Waals surface area contributed by atoms with E-state index < -0.39 is 0 Å². The second kappa shape index (κ2) is 5.86. The summed E-state index contributed by atoms with van der Waals surface area (Å²) in [5.74, 6) is 0. The second-order valence-corrected chi connectivity index (χ2v) is 5.69. The average Bonchev–Trinajstić information content (AvgIpc) is 2.27. The fourth-order valence-electron chi connectivity index (χ4n) is 2.24. The van der Waals surface area contributed by atoms with Crippen LogP contribution < -0.4 is 5.73 Å². The molecule has 0 aromatic heterocycles. The van der Waals surface area contributed by atoms with E-state index in [2.05, 4.69) is 25.7 Å². The van der Waals surface area contributed by atoms with Crippen molar-refractivity contribution in [3.8, 4) is 0 Å². The van der Waals surface area contributed by atoms with Gasteiger partial charge in [0.15, 0.2) is 0 Å². The van der Waals surface area contributed by atoms with E-state index in [4.69, 9.17) is 5.73 Å². The van der Waals surface area contributed by atoms with Gasteiger partial charge in [0.2, 0.25) is 0 Å². The zero-order chi connectivity index (χ0) is 11.3. The van der Waals surface area contributed by atoms with Gasteiger partial charge in [-0.3, -0.25) is 4.90 Å². The summed E-state index contributed by atoms with van der Waals surface area (Å²) in [5, 5.41) is 0. The lowest BCUT2D eigenvalue weighted by atomic mass is 9.86. The highest BCUT2D eigenvalue weighted by molar-refractivity contribution is 4.79. The molecule has 15 heavy (non-hydrogen) atoms. The van der Waals surface area contributed by atoms with E-state index in [1.54, 1.807) is 0 Å². The zero-order valence-corrected chi connectivity index (χ0v) is 10.8. The first-order valence-electron chi connectivity index (χ1n) is 6.53. The Morgan fingerprint density at radius 2 is 2.07 bits per heavy atom. The molecule has 1 heterocycles. The highest BCUT2D eigenvalue weighted by Crippen LogP contribution is 2.26. The van der Waals surface area contributed by atoms with Crippen molar-refractivity contribution in [1.29, 1.82) is 0 Å². The molecule has 1 saturated heterocycles. The van der Waals surface area contributed by atoms with Gasteiger partial charge in [-0.2, -0.15) is 0 Å². The Hall–Kier alpha value is -0.0800. The van der Waals surface area contributed by atoms with Gasteiger partial charge in [-0.1, -0.05) is 33.6 Å². The number of hydrogen-bond acceptors (Lipinski definition) is 2. The van der Waals surface area contributed by atoms with Crippen molar-refractivity contribution >= 4 is 0 Å². The number of likely N-dealkylation sites (tertiary alicyclic amines) is 1. The summed E-state index contributed by atoms with van der Waals surface area (Å²) < 4.78 is 0. The van der Waals surface area contributed by atoms with Gasteiger partial charge in [-0.15, -0.1) is 0 Å². The quantitative estimate of drug-likeness (QED) is 0.759. The van der Waals surface area contributed by atoms with Gasteiger partial charge in [0, 0.05) is 12.6 Å². The molecule has 1 rings (SSSR count). The molecule has 1 atom stereocenters. The molecule has 0 radical (unpaired) electrons. The summed E-state index contributed by atoms with van der Waals surface area (Å²) in [6.45, 7) is 10.4. The first kappa shape index (κ1) is 13.0. The molecule has 0 aromatic rings. The van der Waals surface area contributed by atoms with Crippen LogP contribution in [0.1, 0.15) is 52.9 Å². The van der Waals surface area contributed by atoms with Gasteiger partial charge in [0.25, 0.3) is 0 Å². The maximum atomic E-state index is 5.82. The maximum absolute atomic E-state index is 5.82. The second-order valence-electron chi connectivity index (χ2n) is 5.69. The minimum absolute atomic E-state index is 0.497. The predicted octanol–water partition coefficient (Wildman–Crippen LogP) is 2.63. The first-order valence-corrected chi connectivity index (χ1v) is 6.53. The third-order valence-electron chi connectivity index (χ3n) is 4.05. The number of piperidine rings is 1. The van der Waals surface area contributed by atoms with Crippen molar-refractivity contribution in [2.45, 2.75) is 58.9 Å². The van der Waals surface area contributed by atoms with Crippen LogP contribution in [0.5, 0.6) is 0 Å². The van der Waals surface area contributed by atoms with E-state index in [0.717, 1.165) is 6.54 Å². The third kappa shape index (κ3) is 4.12. The van der Waals surface area contributed by atoms with Crippen molar-refractivity contribution in [3.05, 3.63) is 0 Å². The van der Waals surface area contributed by atoms with E-state index >= 15 is 0 Å². The molecule has 1 unspecified atom stereocenters. The highest BCUT2D eigenvalue weighted by atomic mass is 15.2. The van der Waals surface area contributed by atoms with Crippen LogP contribution in [0.3, 0.4) is 0 Å². The van der Waals surface area contributed by atoms with Crippen LogP contribution in [0.2, 0.25) is 0 Å². The van der Waals surface area contributed by atoms with Crippen LogP contribution in [-0.2, 0) is 0 Å². The Labute approximate surface area is 95.2 Å². The Morgan fingerprint density at radius 3 is 2.67 bits per heavy atom. The molecule has 1 aliphatic rings. The van der Waals surface area contributed by atoms with Gasteiger partial charge in [-0.05, 0) is 37.8 Å². The molecule has 0 spiro atoms. The maximum Gasteiger partial charge on any atom is 0.0218 e. The molecule has 2 heteroatoms. The van der Waals surface area contributed by atoms with Crippen molar-refractivity contribution in [2.75, 3.05) is 19.6 Å². The Bertz CT molecular complexity index is 177. The molecule has 90 valence electrons. The molecule has 0 aromatic carbocycles. The van der Waals surface area contributed by atoms with Crippen molar-refractivity contribution < 1.29 is 0 Å². The van der Waals surface area contributed by atoms with Crippen LogP contribution in [0.25, 0.3) is 0 Å². The van der Waals surface area contributed by atoms with Crippen LogP contribution in [-0.4, -0.2) is 30.6 Å². The molecule has 1 fully saturated rings. The summed E-state index contributed by atoms with van der Waals surface area (Å²) in [5.41, 5.74) is 6.32. The van der Waals surface area contributed by atoms with E-state index in [9.17, 15) is 0 Å². The van der Waals surface area contributed by atoms with Gasteiger partial charge < -0.3 is 5.73 Å². The van der Waals surface area contributed by atoms with E-state index in [1.165, 1.54) is 45.2 Å². The molecule has 1 aliphatic heterocycles. The minimum atomic E-state index is 0.497. The summed E-state index contributed by atoms with van der Waals surface area (Å²) in [6, 6.07) is 0.659. The van der Waals surface area contributed by atoms with Gasteiger partial charge in [0.1, 0.15) is 0 Å². The lowest BCUT2D eigenvalue weighted by molar-refractivity contribution is 0.129. The Kier molecular flexibility index (Phi) is 5.07. The third-order valence-corrected chi connectivity index (χ3v) is 4.05. The minimum Gasteiger partial charge on any atom is -0.329 e. The predicted molar refractivity (Wildman–Crippen MR) is 67.0 cm³/mol. The largest absolute Gasteiger partial charge is 0.329 e. The summed E-state index contributed by atoms with van der Waals surface area (Å²) in [4.78, 5) is 2.61. The van der Waals surface area contributed by atoms with Crippen molar-refractivity contribution in [2.24, 2.45) is 11.1 Å². The number of nitrogens with zero attached hydrogens (tertiary/aromatic N) is 1. The Morgan fingerprint density at radius 1 is 1.33 bits per heavy atom. The molecule has 0 amide bonds. The topological polar surface area (TPSA) is 29.3 Å². The molecule has 2 N–H and O–H groups in total. The van der Waals surface area contributed by atoms with Gasteiger partial charge in [0.05, 0.1) is 0 Å². The van der Waals surface area contributed by atoms with E-state index in [0.29, 0.717) is 11.5 Å². The van der Waals surface area contributed by atoms with Crippen molar-refractivity contribution in [3.63, 3.8) is 0 Å². The molecule has 0 saturated carbocycles. The summed E-state index contributed by atoms with van der Waals surface area (Å²) in [6.07, 6.45) is 6.62. The molecule has 0 bridgehead atoms. The van der Waals surface area contributed by atoms with Crippen LogP contribution in [0, 0.1) is 5.41 Å². The lowest BCUT2D eigenvalue weighted by Gasteiger charge is -2.37. The number of hydrogen-bond donors (Lipinski definition) is 1. The number of nitrogens with two attached hydrogens (primary N) is 1. The SMILES string of the molecule is CCC(C)(C)CCN1CCCCC1CN. The van der Waals surface area contributed by atoms with Crippen LogP contribution >= 0.6 is 0 Å². The highest BCUT2D eigenvalue weighted by Gasteiger charge is 2.23. The monoisotopic (exact) mass is 212 g/mol. The van der Waals surface area contributed by atoms with E-state index in [-0.39, 0.29) is 0 Å². The summed E-state index contributed by atoms with van der Waals surface area (Å²) >= 11 is 0. The van der Waals surface area contributed by atoms with Crippen LogP contribution in [0.4, 0.5) is 0 Å². The lowest BCUT2D eigenvalue weighted by Crippen LogP contribution is -2.45. The van der Waals surface area contributed by atoms with Gasteiger partial charge >= 0.3 is 0 Å². The standard InChI is InChI=1S/C13H28N2/c1-4-13(2,3)8-10-15-9-6-5-7-12(15)11-14/h12H,4-11,14H2,1-3H3. The van der Waals surface area contributed by atoms with Gasteiger partial charge in [-0.25, -0.2) is 0 Å². The molecule has 0 aliphatic carbocycles. The fourth-order valence-corrected chi connectivity index (χ4v) is 2.24. The first-order chi connectivity index (χ1) is 7.09. The smallest absolute Gasteiger partial charge is 0.0218 e. The van der Waals surface area contributed by atoms with Crippen LogP contribution in [0.15, 0.2) is 0 Å². The summed E-state index contributed by atoms with van der Waals surface area (Å²) in [7, 11) is 0. The van der Waals surface area contributed by atoms with Crippen molar-refractivity contribution in [1.82, 2.24) is 4.90 Å². The number of rotatable bonds is 5.